The summed E-state index contributed by atoms with van der Waals surface area (Å²) in [6.07, 6.45) is 0.629. The molecule has 68 valence electrons. The minimum Gasteiger partial charge on any atom is -0.478 e. The maximum Gasteiger partial charge on any atom is 0.337 e. The molecule has 0 aliphatic heterocycles. The summed E-state index contributed by atoms with van der Waals surface area (Å²) >= 11 is 5.67. The number of aryl methyl sites for hydroxylation is 1. The molecule has 0 saturated carbocycles. The number of carbonyl (C=O) groups is 2. The molecule has 1 N–H and O–H groups in total. The number of carboxylic acid groups (broad SMARTS) is 1. The third kappa shape index (κ3) is 1.87. The molecule has 0 heterocycles. The zero-order chi connectivity index (χ0) is 10.0. The third-order valence-electron chi connectivity index (χ3n) is 1.66. The zero-order valence-electron chi connectivity index (χ0n) is 6.87. The van der Waals surface area contributed by atoms with Gasteiger partial charge in [0.2, 0.25) is 0 Å². The number of hydrogen-bond donors (Lipinski definition) is 1. The van der Waals surface area contributed by atoms with Crippen LogP contribution in [0.1, 0.15) is 26.3 Å². The second-order valence-corrected chi connectivity index (χ2v) is 3.02. The molecule has 0 aliphatic rings. The molecule has 0 aromatic heterocycles. The van der Waals surface area contributed by atoms with Gasteiger partial charge in [0.15, 0.2) is 0 Å². The fraction of sp³-hybridized carbons (Fsp3) is 0.111. The predicted molar refractivity (Wildman–Crippen MR) is 48.5 cm³/mol. The number of aromatic carboxylic acids is 1. The topological polar surface area (TPSA) is 54.4 Å². The summed E-state index contributed by atoms with van der Waals surface area (Å²) in [7, 11) is 0. The summed E-state index contributed by atoms with van der Waals surface area (Å²) in [5.74, 6) is -1.08. The van der Waals surface area contributed by atoms with Crippen molar-refractivity contribution in [2.45, 2.75) is 6.92 Å². The molecule has 1 aromatic carbocycles. The fourth-order valence-corrected chi connectivity index (χ4v) is 1.47. The van der Waals surface area contributed by atoms with Gasteiger partial charge in [0.25, 0.3) is 0 Å². The molecule has 0 radical (unpaired) electrons. The average Bonchev–Trinajstić information content (AvgIpc) is 2.02. The highest BCUT2D eigenvalue weighted by molar-refractivity contribution is 6.34. The van der Waals surface area contributed by atoms with Crippen molar-refractivity contribution in [1.29, 1.82) is 0 Å². The Kier molecular flexibility index (Phi) is 2.68. The van der Waals surface area contributed by atoms with Crippen LogP contribution >= 0.6 is 11.6 Å². The van der Waals surface area contributed by atoms with Crippen LogP contribution < -0.4 is 0 Å². The molecule has 1 aromatic rings. The van der Waals surface area contributed by atoms with Gasteiger partial charge in [-0.2, -0.15) is 0 Å². The Bertz CT molecular complexity index is 348. The average molecular weight is 199 g/mol. The SMILES string of the molecule is Cc1cc(C=O)cc(Cl)c1C(=O)O. The van der Waals surface area contributed by atoms with Crippen molar-refractivity contribution in [1.82, 2.24) is 0 Å². The largest absolute Gasteiger partial charge is 0.478 e. The van der Waals surface area contributed by atoms with Crippen LogP contribution in [0.3, 0.4) is 0 Å². The molecule has 1 rings (SSSR count). The van der Waals surface area contributed by atoms with Crippen LogP contribution in [0.15, 0.2) is 12.1 Å². The summed E-state index contributed by atoms with van der Waals surface area (Å²) < 4.78 is 0. The Labute approximate surface area is 79.9 Å². The highest BCUT2D eigenvalue weighted by atomic mass is 35.5. The number of hydrogen-bond acceptors (Lipinski definition) is 2. The molecule has 0 unspecified atom stereocenters. The normalized spacial score (nSPS) is 9.69. The monoisotopic (exact) mass is 198 g/mol. The highest BCUT2D eigenvalue weighted by Crippen LogP contribution is 2.21. The molecule has 0 amide bonds. The molecule has 0 aliphatic carbocycles. The summed E-state index contributed by atoms with van der Waals surface area (Å²) in [5, 5.41) is 8.83. The molecule has 4 heteroatoms. The maximum atomic E-state index is 10.7. The standard InChI is InChI=1S/C9H7ClO3/c1-5-2-6(4-11)3-7(10)8(5)9(12)13/h2-4H,1H3,(H,12,13). The molecule has 0 saturated heterocycles. The van der Waals surface area contributed by atoms with Gasteiger partial charge in [0, 0.05) is 5.56 Å². The highest BCUT2D eigenvalue weighted by Gasteiger charge is 2.12. The van der Waals surface area contributed by atoms with Gasteiger partial charge < -0.3 is 5.11 Å². The van der Waals surface area contributed by atoms with E-state index in [2.05, 4.69) is 0 Å². The predicted octanol–water partition coefficient (Wildman–Crippen LogP) is 2.16. The summed E-state index contributed by atoms with van der Waals surface area (Å²) in [6.45, 7) is 1.60. The Balaban J connectivity index is 3.39. The Morgan fingerprint density at radius 3 is 2.54 bits per heavy atom. The minimum atomic E-state index is -1.08. The van der Waals surface area contributed by atoms with Gasteiger partial charge in [0.05, 0.1) is 10.6 Å². The van der Waals surface area contributed by atoms with Gasteiger partial charge in [-0.3, -0.25) is 4.79 Å². The van der Waals surface area contributed by atoms with Crippen LogP contribution in [0.25, 0.3) is 0 Å². The van der Waals surface area contributed by atoms with Crippen molar-refractivity contribution in [2.75, 3.05) is 0 Å². The molecule has 0 bridgehead atoms. The van der Waals surface area contributed by atoms with E-state index in [0.29, 0.717) is 17.4 Å². The molecule has 0 fully saturated rings. The smallest absolute Gasteiger partial charge is 0.337 e. The van der Waals surface area contributed by atoms with Gasteiger partial charge in [0.1, 0.15) is 6.29 Å². The Hall–Kier alpha value is -1.35. The van der Waals surface area contributed by atoms with Crippen molar-refractivity contribution < 1.29 is 14.7 Å². The lowest BCUT2D eigenvalue weighted by Gasteiger charge is -2.03. The number of halogens is 1. The van der Waals surface area contributed by atoms with Crippen LogP contribution in [0.5, 0.6) is 0 Å². The van der Waals surface area contributed by atoms with E-state index >= 15 is 0 Å². The molecular formula is C9H7ClO3. The Morgan fingerprint density at radius 2 is 2.15 bits per heavy atom. The van der Waals surface area contributed by atoms with Crippen molar-refractivity contribution in [3.05, 3.63) is 33.8 Å². The fourth-order valence-electron chi connectivity index (χ4n) is 1.11. The van der Waals surface area contributed by atoms with Crippen molar-refractivity contribution in [2.24, 2.45) is 0 Å². The molecule has 3 nitrogen and oxygen atoms in total. The number of aldehydes is 1. The van der Waals surface area contributed by atoms with E-state index in [0.717, 1.165) is 0 Å². The van der Waals surface area contributed by atoms with Crippen LogP contribution in [-0.4, -0.2) is 17.4 Å². The number of carboxylic acids is 1. The van der Waals surface area contributed by atoms with Crippen LogP contribution in [0, 0.1) is 6.92 Å². The minimum absolute atomic E-state index is 0.0484. The number of rotatable bonds is 2. The first-order chi connectivity index (χ1) is 6.06. The van der Waals surface area contributed by atoms with Gasteiger partial charge in [-0.25, -0.2) is 4.79 Å². The quantitative estimate of drug-likeness (QED) is 0.741. The van der Waals surface area contributed by atoms with E-state index in [9.17, 15) is 9.59 Å². The first kappa shape index (κ1) is 9.74. The maximum absolute atomic E-state index is 10.7. The van der Waals surface area contributed by atoms with E-state index in [-0.39, 0.29) is 10.6 Å². The zero-order valence-corrected chi connectivity index (χ0v) is 7.63. The first-order valence-corrected chi connectivity index (χ1v) is 3.92. The van der Waals surface area contributed by atoms with E-state index in [1.807, 2.05) is 0 Å². The lowest BCUT2D eigenvalue weighted by Crippen LogP contribution is -2.01. The molecule has 13 heavy (non-hydrogen) atoms. The number of carbonyl (C=O) groups excluding carboxylic acids is 1. The van der Waals surface area contributed by atoms with Crippen LogP contribution in [-0.2, 0) is 0 Å². The van der Waals surface area contributed by atoms with E-state index in [4.69, 9.17) is 16.7 Å². The van der Waals surface area contributed by atoms with Gasteiger partial charge in [-0.15, -0.1) is 0 Å². The molecule has 0 atom stereocenters. The van der Waals surface area contributed by atoms with Crippen LogP contribution in [0.2, 0.25) is 5.02 Å². The van der Waals surface area contributed by atoms with Gasteiger partial charge >= 0.3 is 5.97 Å². The first-order valence-electron chi connectivity index (χ1n) is 3.55. The van der Waals surface area contributed by atoms with E-state index in [1.54, 1.807) is 6.92 Å². The lowest BCUT2D eigenvalue weighted by molar-refractivity contribution is 0.0696. The number of benzene rings is 1. The molecule has 0 spiro atoms. The van der Waals surface area contributed by atoms with Crippen molar-refractivity contribution in [3.63, 3.8) is 0 Å². The van der Waals surface area contributed by atoms with E-state index < -0.39 is 5.97 Å². The molecular weight excluding hydrogens is 192 g/mol. The van der Waals surface area contributed by atoms with Gasteiger partial charge in [-0.05, 0) is 24.6 Å². The van der Waals surface area contributed by atoms with Crippen molar-refractivity contribution in [3.8, 4) is 0 Å². The summed E-state index contributed by atoms with van der Waals surface area (Å²) in [4.78, 5) is 21.1. The Morgan fingerprint density at radius 1 is 1.54 bits per heavy atom. The second-order valence-electron chi connectivity index (χ2n) is 2.62. The summed E-state index contributed by atoms with van der Waals surface area (Å²) in [6, 6.07) is 2.83. The third-order valence-corrected chi connectivity index (χ3v) is 1.96. The van der Waals surface area contributed by atoms with Gasteiger partial charge in [-0.1, -0.05) is 11.6 Å². The second kappa shape index (κ2) is 3.58. The summed E-state index contributed by atoms with van der Waals surface area (Å²) in [5.41, 5.74) is 0.918. The van der Waals surface area contributed by atoms with Crippen molar-refractivity contribution >= 4 is 23.9 Å². The lowest BCUT2D eigenvalue weighted by atomic mass is 10.1. The van der Waals surface area contributed by atoms with E-state index in [1.165, 1.54) is 12.1 Å². The van der Waals surface area contributed by atoms with Crippen LogP contribution in [0.4, 0.5) is 0 Å².